The van der Waals surface area contributed by atoms with Crippen LogP contribution in [0.15, 0.2) is 6.07 Å². The highest BCUT2D eigenvalue weighted by Crippen LogP contribution is 2.13. The van der Waals surface area contributed by atoms with Crippen LogP contribution >= 0.6 is 0 Å². The lowest BCUT2D eigenvalue weighted by Crippen LogP contribution is -2.17. The first-order valence-corrected chi connectivity index (χ1v) is 6.32. The van der Waals surface area contributed by atoms with Crippen LogP contribution in [0, 0.1) is 0 Å². The summed E-state index contributed by atoms with van der Waals surface area (Å²) in [5, 5.41) is 4.50. The predicted octanol–water partition coefficient (Wildman–Crippen LogP) is 0.830. The molecule has 0 amide bonds. The van der Waals surface area contributed by atoms with Crippen molar-refractivity contribution in [1.29, 1.82) is 0 Å². The molecule has 0 fully saturated rings. The molecular weight excluding hydrogens is 242 g/mol. The number of aromatic nitrogens is 5. The van der Waals surface area contributed by atoms with E-state index in [-0.39, 0.29) is 5.95 Å². The number of hydrogen-bond donors (Lipinski definition) is 1. The van der Waals surface area contributed by atoms with Crippen molar-refractivity contribution in [3.8, 4) is 5.95 Å². The summed E-state index contributed by atoms with van der Waals surface area (Å²) in [7, 11) is 3.72. The number of hydrogen-bond acceptors (Lipinski definition) is 6. The van der Waals surface area contributed by atoms with E-state index in [0.29, 0.717) is 11.9 Å². The maximum Gasteiger partial charge on any atom is 0.257 e. The monoisotopic (exact) mass is 261 g/mol. The van der Waals surface area contributed by atoms with Crippen LogP contribution in [-0.2, 0) is 12.8 Å². The second kappa shape index (κ2) is 5.21. The van der Waals surface area contributed by atoms with E-state index < -0.39 is 0 Å². The van der Waals surface area contributed by atoms with Crippen molar-refractivity contribution in [2.24, 2.45) is 0 Å². The molecule has 0 aromatic carbocycles. The number of nitrogens with two attached hydrogens (primary N) is 1. The highest BCUT2D eigenvalue weighted by atomic mass is 15.4. The number of nitrogen functional groups attached to an aromatic ring is 1. The van der Waals surface area contributed by atoms with Crippen LogP contribution in [-0.4, -0.2) is 38.8 Å². The topological polar surface area (TPSA) is 85.8 Å². The number of rotatable bonds is 4. The molecule has 0 radical (unpaired) electrons. The standard InChI is InChI=1S/C12H19N7/c1-5-8-7-9(6-2)19(17-8)12-15-10(13)14-11(16-12)18(3)4/h7H,5-6H2,1-4H3,(H2,13,14,15,16). The zero-order valence-corrected chi connectivity index (χ0v) is 11.8. The largest absolute Gasteiger partial charge is 0.368 e. The first-order valence-electron chi connectivity index (χ1n) is 6.32. The summed E-state index contributed by atoms with van der Waals surface area (Å²) in [6.45, 7) is 4.14. The fourth-order valence-electron chi connectivity index (χ4n) is 1.74. The number of aryl methyl sites for hydroxylation is 2. The average Bonchev–Trinajstić information content (AvgIpc) is 2.81. The molecule has 2 aromatic heterocycles. The van der Waals surface area contributed by atoms with Gasteiger partial charge in [0, 0.05) is 19.8 Å². The van der Waals surface area contributed by atoms with Crippen molar-refractivity contribution in [3.63, 3.8) is 0 Å². The Labute approximate surface area is 112 Å². The second-order valence-electron chi connectivity index (χ2n) is 4.43. The van der Waals surface area contributed by atoms with Gasteiger partial charge in [0.25, 0.3) is 5.95 Å². The molecule has 0 aliphatic carbocycles. The molecule has 2 heterocycles. The molecule has 7 nitrogen and oxygen atoms in total. The molecule has 0 spiro atoms. The molecule has 0 saturated heterocycles. The molecule has 0 aliphatic rings. The molecular formula is C12H19N7. The maximum atomic E-state index is 5.74. The lowest BCUT2D eigenvalue weighted by atomic mass is 10.3. The van der Waals surface area contributed by atoms with E-state index in [2.05, 4.69) is 40.0 Å². The number of anilines is 2. The second-order valence-corrected chi connectivity index (χ2v) is 4.43. The Balaban J connectivity index is 2.54. The molecule has 102 valence electrons. The summed E-state index contributed by atoms with van der Waals surface area (Å²) in [5.74, 6) is 1.19. The average molecular weight is 261 g/mol. The first kappa shape index (κ1) is 13.3. The third-order valence-electron chi connectivity index (χ3n) is 2.78. The van der Waals surface area contributed by atoms with Crippen molar-refractivity contribution in [2.45, 2.75) is 26.7 Å². The van der Waals surface area contributed by atoms with Crippen molar-refractivity contribution in [3.05, 3.63) is 17.5 Å². The molecule has 19 heavy (non-hydrogen) atoms. The third-order valence-corrected chi connectivity index (χ3v) is 2.78. The van der Waals surface area contributed by atoms with Gasteiger partial charge in [0.2, 0.25) is 11.9 Å². The van der Waals surface area contributed by atoms with Crippen LogP contribution in [0.4, 0.5) is 11.9 Å². The summed E-state index contributed by atoms with van der Waals surface area (Å²) in [6.07, 6.45) is 1.73. The van der Waals surface area contributed by atoms with Crippen LogP contribution in [0.5, 0.6) is 0 Å². The lowest BCUT2D eigenvalue weighted by molar-refractivity contribution is 0.738. The van der Waals surface area contributed by atoms with Gasteiger partial charge in [-0.05, 0) is 18.9 Å². The first-order chi connectivity index (χ1) is 9.05. The molecule has 2 aromatic rings. The van der Waals surface area contributed by atoms with Crippen LogP contribution in [0.1, 0.15) is 25.2 Å². The Kier molecular flexibility index (Phi) is 3.64. The van der Waals surface area contributed by atoms with E-state index in [1.165, 1.54) is 0 Å². The SMILES string of the molecule is CCc1cc(CC)n(-c2nc(N)nc(N(C)C)n2)n1. The zero-order valence-electron chi connectivity index (χ0n) is 11.8. The fourth-order valence-corrected chi connectivity index (χ4v) is 1.74. The smallest absolute Gasteiger partial charge is 0.257 e. The minimum absolute atomic E-state index is 0.198. The van der Waals surface area contributed by atoms with E-state index in [9.17, 15) is 0 Å². The van der Waals surface area contributed by atoms with Gasteiger partial charge >= 0.3 is 0 Å². The molecule has 0 saturated carbocycles. The molecule has 2 rings (SSSR count). The Morgan fingerprint density at radius 3 is 2.47 bits per heavy atom. The predicted molar refractivity (Wildman–Crippen MR) is 74.4 cm³/mol. The van der Waals surface area contributed by atoms with Gasteiger partial charge in [0.15, 0.2) is 0 Å². The van der Waals surface area contributed by atoms with Crippen molar-refractivity contribution in [1.82, 2.24) is 24.7 Å². The number of nitrogens with zero attached hydrogens (tertiary/aromatic N) is 6. The van der Waals surface area contributed by atoms with Crippen molar-refractivity contribution in [2.75, 3.05) is 24.7 Å². The van der Waals surface area contributed by atoms with E-state index >= 15 is 0 Å². The Morgan fingerprint density at radius 2 is 1.89 bits per heavy atom. The third kappa shape index (κ3) is 2.64. The summed E-state index contributed by atoms with van der Waals surface area (Å²) >= 11 is 0. The Hall–Kier alpha value is -2.18. The molecule has 0 atom stereocenters. The Morgan fingerprint density at radius 1 is 1.16 bits per heavy atom. The van der Waals surface area contributed by atoms with Crippen molar-refractivity contribution >= 4 is 11.9 Å². The zero-order chi connectivity index (χ0) is 14.0. The molecule has 0 bridgehead atoms. The van der Waals surface area contributed by atoms with Crippen LogP contribution in [0.2, 0.25) is 0 Å². The van der Waals surface area contributed by atoms with Gasteiger partial charge in [-0.15, -0.1) is 0 Å². The van der Waals surface area contributed by atoms with Gasteiger partial charge in [0.05, 0.1) is 5.69 Å². The maximum absolute atomic E-state index is 5.74. The quantitative estimate of drug-likeness (QED) is 0.877. The molecule has 2 N–H and O–H groups in total. The molecule has 7 heteroatoms. The van der Waals surface area contributed by atoms with Crippen LogP contribution in [0.25, 0.3) is 5.95 Å². The normalized spacial score (nSPS) is 10.7. The van der Waals surface area contributed by atoms with Gasteiger partial charge in [0.1, 0.15) is 0 Å². The minimum atomic E-state index is 0.198. The van der Waals surface area contributed by atoms with E-state index in [1.54, 1.807) is 9.58 Å². The summed E-state index contributed by atoms with van der Waals surface area (Å²) in [5.41, 5.74) is 7.81. The van der Waals surface area contributed by atoms with Gasteiger partial charge < -0.3 is 10.6 Å². The van der Waals surface area contributed by atoms with Crippen LogP contribution in [0.3, 0.4) is 0 Å². The molecule has 0 unspecified atom stereocenters. The van der Waals surface area contributed by atoms with Gasteiger partial charge in [-0.25, -0.2) is 4.68 Å². The van der Waals surface area contributed by atoms with E-state index in [1.807, 2.05) is 14.1 Å². The highest BCUT2D eigenvalue weighted by molar-refractivity contribution is 5.36. The van der Waals surface area contributed by atoms with Gasteiger partial charge in [-0.1, -0.05) is 13.8 Å². The van der Waals surface area contributed by atoms with E-state index in [0.717, 1.165) is 24.2 Å². The summed E-state index contributed by atoms with van der Waals surface area (Å²) in [4.78, 5) is 14.4. The minimum Gasteiger partial charge on any atom is -0.368 e. The Bertz CT molecular complexity index is 573. The van der Waals surface area contributed by atoms with E-state index in [4.69, 9.17) is 5.73 Å². The summed E-state index contributed by atoms with van der Waals surface area (Å²) < 4.78 is 1.74. The molecule has 0 aliphatic heterocycles. The van der Waals surface area contributed by atoms with Gasteiger partial charge in [-0.3, -0.25) is 0 Å². The van der Waals surface area contributed by atoms with Gasteiger partial charge in [-0.2, -0.15) is 20.1 Å². The summed E-state index contributed by atoms with van der Waals surface area (Å²) in [6, 6.07) is 2.06. The lowest BCUT2D eigenvalue weighted by Gasteiger charge is -2.12. The van der Waals surface area contributed by atoms with Crippen LogP contribution < -0.4 is 10.6 Å². The van der Waals surface area contributed by atoms with Crippen molar-refractivity contribution < 1.29 is 0 Å². The fraction of sp³-hybridized carbons (Fsp3) is 0.500. The highest BCUT2D eigenvalue weighted by Gasteiger charge is 2.13.